The number of nitrogens with two attached hydrogens (primary N) is 1. The maximum atomic E-state index is 12.8. The Morgan fingerprint density at radius 2 is 1.83 bits per heavy atom. The summed E-state index contributed by atoms with van der Waals surface area (Å²) >= 11 is 1.37. The number of pyridine rings is 1. The monoisotopic (exact) mass is 401 g/mol. The molecule has 0 fully saturated rings. The van der Waals surface area contributed by atoms with Crippen LogP contribution >= 0.6 is 11.3 Å². The Morgan fingerprint density at radius 3 is 2.59 bits per heavy atom. The van der Waals surface area contributed by atoms with E-state index < -0.39 is 5.91 Å². The highest BCUT2D eigenvalue weighted by molar-refractivity contribution is 7.16. The van der Waals surface area contributed by atoms with Crippen LogP contribution in [0, 0.1) is 0 Å². The molecule has 3 N–H and O–H groups in total. The molecule has 4 aromatic rings. The van der Waals surface area contributed by atoms with Gasteiger partial charge in [-0.2, -0.15) is 0 Å². The standard InChI is InChI=1S/C23H19N3O2S/c1-14(15-6-3-2-4-7-15)20-13-18(21(24)27)23(29-20)26-22(28)17-9-10-19-16(12-17)8-5-11-25-19/h2-14H,1H3,(H2,24,27)(H,26,28). The molecule has 2 heterocycles. The van der Waals surface area contributed by atoms with Crippen molar-refractivity contribution >= 4 is 39.1 Å². The van der Waals surface area contributed by atoms with Gasteiger partial charge in [0.15, 0.2) is 0 Å². The molecular formula is C23H19N3O2S. The summed E-state index contributed by atoms with van der Waals surface area (Å²) in [4.78, 5) is 30.0. The average Bonchev–Trinajstić information content (AvgIpc) is 3.17. The number of amides is 2. The van der Waals surface area contributed by atoms with E-state index in [9.17, 15) is 9.59 Å². The molecule has 0 saturated heterocycles. The van der Waals surface area contributed by atoms with Gasteiger partial charge in [-0.15, -0.1) is 11.3 Å². The first-order valence-electron chi connectivity index (χ1n) is 9.17. The highest BCUT2D eigenvalue weighted by atomic mass is 32.1. The number of carbonyl (C=O) groups is 2. The summed E-state index contributed by atoms with van der Waals surface area (Å²) in [5.74, 6) is -0.776. The van der Waals surface area contributed by atoms with Gasteiger partial charge in [0, 0.05) is 27.9 Å². The normalized spacial score (nSPS) is 11.9. The Kier molecular flexibility index (Phi) is 5.10. The van der Waals surface area contributed by atoms with Gasteiger partial charge >= 0.3 is 0 Å². The lowest BCUT2D eigenvalue weighted by molar-refractivity contribution is 0.100. The summed E-state index contributed by atoms with van der Waals surface area (Å²) in [5.41, 5.74) is 8.33. The number of rotatable bonds is 5. The molecule has 2 aromatic carbocycles. The fraction of sp³-hybridized carbons (Fsp3) is 0.0870. The SMILES string of the molecule is CC(c1ccccc1)c1cc(C(N)=O)c(NC(=O)c2ccc3ncccc3c2)s1. The third-order valence-electron chi connectivity index (χ3n) is 4.84. The molecular weight excluding hydrogens is 382 g/mol. The van der Waals surface area contributed by atoms with Crippen LogP contribution in [-0.4, -0.2) is 16.8 Å². The fourth-order valence-corrected chi connectivity index (χ4v) is 4.34. The lowest BCUT2D eigenvalue weighted by atomic mass is 9.99. The largest absolute Gasteiger partial charge is 0.366 e. The Hall–Kier alpha value is -3.51. The van der Waals surface area contributed by atoms with Crippen molar-refractivity contribution in [2.45, 2.75) is 12.8 Å². The van der Waals surface area contributed by atoms with Crippen LogP contribution in [0.2, 0.25) is 0 Å². The lowest BCUT2D eigenvalue weighted by Crippen LogP contribution is -2.16. The highest BCUT2D eigenvalue weighted by Gasteiger charge is 2.20. The zero-order valence-electron chi connectivity index (χ0n) is 15.8. The number of hydrogen-bond acceptors (Lipinski definition) is 4. The maximum absolute atomic E-state index is 12.8. The molecule has 0 saturated carbocycles. The van der Waals surface area contributed by atoms with Gasteiger partial charge in [-0.05, 0) is 35.9 Å². The molecule has 0 spiro atoms. The molecule has 2 amide bonds. The molecule has 2 aromatic heterocycles. The average molecular weight is 401 g/mol. The van der Waals surface area contributed by atoms with Crippen molar-refractivity contribution in [1.82, 2.24) is 4.98 Å². The van der Waals surface area contributed by atoms with Gasteiger partial charge in [-0.25, -0.2) is 0 Å². The van der Waals surface area contributed by atoms with Crippen LogP contribution < -0.4 is 11.1 Å². The van der Waals surface area contributed by atoms with Gasteiger partial charge in [0.05, 0.1) is 11.1 Å². The minimum Gasteiger partial charge on any atom is -0.366 e. The number of thiophene rings is 1. The minimum absolute atomic E-state index is 0.0803. The van der Waals surface area contributed by atoms with E-state index in [0.29, 0.717) is 16.1 Å². The number of primary amides is 1. The summed E-state index contributed by atoms with van der Waals surface area (Å²) < 4.78 is 0. The van der Waals surface area contributed by atoms with Gasteiger partial charge in [-0.1, -0.05) is 43.3 Å². The topological polar surface area (TPSA) is 85.1 Å². The number of fused-ring (bicyclic) bond motifs is 1. The van der Waals surface area contributed by atoms with Gasteiger partial charge in [0.2, 0.25) is 0 Å². The summed E-state index contributed by atoms with van der Waals surface area (Å²) in [5, 5.41) is 4.20. The van der Waals surface area contributed by atoms with Crippen molar-refractivity contribution in [1.29, 1.82) is 0 Å². The Bertz CT molecular complexity index is 1200. The molecule has 0 aliphatic rings. The molecule has 5 nitrogen and oxygen atoms in total. The van der Waals surface area contributed by atoms with E-state index in [4.69, 9.17) is 5.73 Å². The van der Waals surface area contributed by atoms with Crippen LogP contribution in [0.15, 0.2) is 72.9 Å². The smallest absolute Gasteiger partial charge is 0.256 e. The van der Waals surface area contributed by atoms with Gasteiger partial charge < -0.3 is 11.1 Å². The number of aromatic nitrogens is 1. The molecule has 6 heteroatoms. The van der Waals surface area contributed by atoms with E-state index in [1.54, 1.807) is 30.5 Å². The van der Waals surface area contributed by atoms with E-state index in [-0.39, 0.29) is 11.8 Å². The Morgan fingerprint density at radius 1 is 1.03 bits per heavy atom. The van der Waals surface area contributed by atoms with Crippen LogP contribution in [0.3, 0.4) is 0 Å². The zero-order valence-corrected chi connectivity index (χ0v) is 16.6. The van der Waals surface area contributed by atoms with Crippen molar-refractivity contribution in [2.24, 2.45) is 5.73 Å². The van der Waals surface area contributed by atoms with Crippen molar-refractivity contribution in [3.05, 3.63) is 94.5 Å². The second-order valence-electron chi connectivity index (χ2n) is 6.75. The van der Waals surface area contributed by atoms with Crippen LogP contribution in [0.5, 0.6) is 0 Å². The molecule has 1 atom stereocenters. The van der Waals surface area contributed by atoms with Crippen LogP contribution in [-0.2, 0) is 0 Å². The predicted octanol–water partition coefficient (Wildman–Crippen LogP) is 4.80. The van der Waals surface area contributed by atoms with E-state index in [1.165, 1.54) is 11.3 Å². The minimum atomic E-state index is -0.564. The number of nitrogens with one attached hydrogen (secondary N) is 1. The second kappa shape index (κ2) is 7.85. The first-order chi connectivity index (χ1) is 14.0. The number of carbonyl (C=O) groups excluding carboxylic acids is 2. The third kappa shape index (κ3) is 3.88. The van der Waals surface area contributed by atoms with Gasteiger partial charge in [0.25, 0.3) is 11.8 Å². The summed E-state index contributed by atoms with van der Waals surface area (Å²) in [6, 6.07) is 20.8. The van der Waals surface area contributed by atoms with Crippen molar-refractivity contribution < 1.29 is 9.59 Å². The number of nitrogens with zero attached hydrogens (tertiary/aromatic N) is 1. The fourth-order valence-electron chi connectivity index (χ4n) is 3.20. The molecule has 144 valence electrons. The molecule has 0 radical (unpaired) electrons. The number of benzene rings is 2. The molecule has 29 heavy (non-hydrogen) atoms. The predicted molar refractivity (Wildman–Crippen MR) is 116 cm³/mol. The summed E-state index contributed by atoms with van der Waals surface area (Å²) in [6.07, 6.45) is 1.71. The zero-order chi connectivity index (χ0) is 20.4. The number of hydrogen-bond donors (Lipinski definition) is 2. The maximum Gasteiger partial charge on any atom is 0.256 e. The lowest BCUT2D eigenvalue weighted by Gasteiger charge is -2.09. The Balaban J connectivity index is 1.64. The Labute approximate surface area is 172 Å². The highest BCUT2D eigenvalue weighted by Crippen LogP contribution is 2.36. The van der Waals surface area contributed by atoms with Gasteiger partial charge in [0.1, 0.15) is 5.00 Å². The van der Waals surface area contributed by atoms with E-state index in [0.717, 1.165) is 21.3 Å². The van der Waals surface area contributed by atoms with E-state index in [1.807, 2.05) is 42.5 Å². The second-order valence-corrected chi connectivity index (χ2v) is 7.84. The first kappa shape index (κ1) is 18.8. The molecule has 4 rings (SSSR count). The van der Waals surface area contributed by atoms with E-state index in [2.05, 4.69) is 17.2 Å². The number of anilines is 1. The molecule has 0 bridgehead atoms. The first-order valence-corrected chi connectivity index (χ1v) is 9.99. The third-order valence-corrected chi connectivity index (χ3v) is 6.07. The quantitative estimate of drug-likeness (QED) is 0.504. The molecule has 0 aliphatic heterocycles. The van der Waals surface area contributed by atoms with Gasteiger partial charge in [-0.3, -0.25) is 14.6 Å². The van der Waals surface area contributed by atoms with E-state index >= 15 is 0 Å². The van der Waals surface area contributed by atoms with Crippen molar-refractivity contribution in [2.75, 3.05) is 5.32 Å². The van der Waals surface area contributed by atoms with Crippen molar-refractivity contribution in [3.8, 4) is 0 Å². The van der Waals surface area contributed by atoms with Crippen molar-refractivity contribution in [3.63, 3.8) is 0 Å². The molecule has 1 unspecified atom stereocenters. The van der Waals surface area contributed by atoms with Crippen LogP contribution in [0.25, 0.3) is 10.9 Å². The van der Waals surface area contributed by atoms with Crippen LogP contribution in [0.1, 0.15) is 44.0 Å². The van der Waals surface area contributed by atoms with Crippen LogP contribution in [0.4, 0.5) is 5.00 Å². The summed E-state index contributed by atoms with van der Waals surface area (Å²) in [7, 11) is 0. The summed E-state index contributed by atoms with van der Waals surface area (Å²) in [6.45, 7) is 2.06. The molecule has 0 aliphatic carbocycles.